The second-order valence-corrected chi connectivity index (χ2v) is 7.86. The van der Waals surface area contributed by atoms with Crippen molar-refractivity contribution in [3.05, 3.63) is 70.8 Å². The van der Waals surface area contributed by atoms with Crippen LogP contribution in [0.5, 0.6) is 0 Å². The molecule has 0 fully saturated rings. The minimum atomic E-state index is -0.368. The highest BCUT2D eigenvalue weighted by Crippen LogP contribution is 2.35. The fourth-order valence-corrected chi connectivity index (χ4v) is 2.98. The summed E-state index contributed by atoms with van der Waals surface area (Å²) < 4.78 is 14.5. The first-order valence-electron chi connectivity index (χ1n) is 9.83. The molecule has 4 N–H and O–H groups in total. The molecule has 2 rings (SSSR count). The van der Waals surface area contributed by atoms with E-state index in [2.05, 4.69) is 33.1 Å². The maximum atomic E-state index is 14.5. The lowest BCUT2D eigenvalue weighted by molar-refractivity contribution is 0.621. The molecule has 0 aromatic heterocycles. The predicted molar refractivity (Wildman–Crippen MR) is 132 cm³/mol. The number of nitrogens with zero attached hydrogens (tertiary/aromatic N) is 2. The van der Waals surface area contributed by atoms with Crippen LogP contribution < -0.4 is 16.4 Å². The molecule has 0 saturated heterocycles. The van der Waals surface area contributed by atoms with Crippen molar-refractivity contribution >= 4 is 28.6 Å². The Bertz CT molecular complexity index is 1040. The van der Waals surface area contributed by atoms with Crippen molar-refractivity contribution < 1.29 is 4.39 Å². The standard InChI is InChI=1S/C24H28FN5S/c1-7-19-16(5)22(26)23(19)30-21-11-9-18(8-10-20(21)25)13-28-24(31)17(6)29-15(4)12-27-14(2)3/h1,8-10,12,19,30H,5,11,13,26H2,2-4,6H3,(H,28,31)/b15-12+,29-17?. The molecule has 0 aliphatic heterocycles. The van der Waals surface area contributed by atoms with Crippen molar-refractivity contribution in [1.29, 1.82) is 0 Å². The largest absolute Gasteiger partial charge is 0.397 e. The van der Waals surface area contributed by atoms with Crippen LogP contribution in [0.1, 0.15) is 34.1 Å². The SMILES string of the molecule is C#CC1C(=C)C(N)=C1NC1=C(F)C=CC(CNC(=S)C(C)=N/C(C)=C/N=C(C)C)=CC1. The Hall–Kier alpha value is -3.24. The molecule has 31 heavy (non-hydrogen) atoms. The molecule has 0 heterocycles. The van der Waals surface area contributed by atoms with Gasteiger partial charge in [-0.2, -0.15) is 0 Å². The summed E-state index contributed by atoms with van der Waals surface area (Å²) in [5, 5.41) is 6.21. The summed E-state index contributed by atoms with van der Waals surface area (Å²) in [7, 11) is 0. The average molecular weight is 438 g/mol. The van der Waals surface area contributed by atoms with E-state index < -0.39 is 0 Å². The third-order valence-corrected chi connectivity index (χ3v) is 5.10. The van der Waals surface area contributed by atoms with Gasteiger partial charge >= 0.3 is 0 Å². The topological polar surface area (TPSA) is 74.8 Å². The van der Waals surface area contributed by atoms with Crippen LogP contribution in [-0.2, 0) is 0 Å². The lowest BCUT2D eigenvalue weighted by Crippen LogP contribution is -2.34. The van der Waals surface area contributed by atoms with Gasteiger partial charge in [-0.15, -0.1) is 6.42 Å². The van der Waals surface area contributed by atoms with Gasteiger partial charge in [0, 0.05) is 24.9 Å². The number of terminal acetylenes is 1. The van der Waals surface area contributed by atoms with Crippen molar-refractivity contribution in [2.75, 3.05) is 6.54 Å². The maximum Gasteiger partial charge on any atom is 0.142 e. The van der Waals surface area contributed by atoms with Gasteiger partial charge < -0.3 is 16.4 Å². The number of rotatable bonds is 7. The molecule has 7 heteroatoms. The molecule has 0 aromatic rings. The maximum absolute atomic E-state index is 14.5. The number of allylic oxidation sites excluding steroid dienone is 6. The predicted octanol–water partition coefficient (Wildman–Crippen LogP) is 4.35. The summed E-state index contributed by atoms with van der Waals surface area (Å²) in [5.74, 6) is 1.93. The summed E-state index contributed by atoms with van der Waals surface area (Å²) in [6, 6.07) is 0. The lowest BCUT2D eigenvalue weighted by atomic mass is 9.82. The van der Waals surface area contributed by atoms with E-state index in [1.54, 1.807) is 12.3 Å². The quantitative estimate of drug-likeness (QED) is 0.314. The smallest absolute Gasteiger partial charge is 0.142 e. The van der Waals surface area contributed by atoms with Gasteiger partial charge in [-0.1, -0.05) is 36.9 Å². The zero-order valence-electron chi connectivity index (χ0n) is 18.3. The van der Waals surface area contributed by atoms with Crippen molar-refractivity contribution in [3.8, 4) is 12.3 Å². The fraction of sp³-hybridized carbons (Fsp3) is 0.292. The van der Waals surface area contributed by atoms with Gasteiger partial charge in [-0.05, 0) is 44.9 Å². The highest BCUT2D eigenvalue weighted by Gasteiger charge is 2.31. The molecule has 0 saturated carbocycles. The fourth-order valence-electron chi connectivity index (χ4n) is 2.86. The molecule has 1 atom stereocenters. The van der Waals surface area contributed by atoms with E-state index in [0.717, 1.165) is 17.0 Å². The Morgan fingerprint density at radius 1 is 1.39 bits per heavy atom. The van der Waals surface area contributed by atoms with Gasteiger partial charge in [-0.25, -0.2) is 4.39 Å². The van der Waals surface area contributed by atoms with Gasteiger partial charge in [0.2, 0.25) is 0 Å². The van der Waals surface area contributed by atoms with Crippen LogP contribution in [0.3, 0.4) is 0 Å². The van der Waals surface area contributed by atoms with Crippen molar-refractivity contribution in [2.45, 2.75) is 34.1 Å². The summed E-state index contributed by atoms with van der Waals surface area (Å²) in [4.78, 5) is 9.19. The third-order valence-electron chi connectivity index (χ3n) is 4.66. The van der Waals surface area contributed by atoms with Gasteiger partial charge in [-0.3, -0.25) is 9.98 Å². The Labute approximate surface area is 189 Å². The molecule has 0 radical (unpaired) electrons. The van der Waals surface area contributed by atoms with E-state index in [9.17, 15) is 4.39 Å². The third kappa shape index (κ3) is 6.37. The lowest BCUT2D eigenvalue weighted by Gasteiger charge is -2.31. The van der Waals surface area contributed by atoms with Gasteiger partial charge in [0.05, 0.1) is 34.4 Å². The van der Waals surface area contributed by atoms with E-state index >= 15 is 0 Å². The first-order valence-corrected chi connectivity index (χ1v) is 10.2. The minimum absolute atomic E-state index is 0.304. The highest BCUT2D eigenvalue weighted by atomic mass is 32.1. The molecule has 0 amide bonds. The van der Waals surface area contributed by atoms with E-state index in [-0.39, 0.29) is 11.7 Å². The number of aliphatic imine (C=N–C) groups is 2. The summed E-state index contributed by atoms with van der Waals surface area (Å²) in [6.07, 6.45) is 12.6. The number of nitrogens with two attached hydrogens (primary N) is 1. The van der Waals surface area contributed by atoms with Crippen LogP contribution in [0.2, 0.25) is 0 Å². The Balaban J connectivity index is 1.99. The highest BCUT2D eigenvalue weighted by molar-refractivity contribution is 7.82. The summed E-state index contributed by atoms with van der Waals surface area (Å²) >= 11 is 5.41. The second-order valence-electron chi connectivity index (χ2n) is 7.45. The van der Waals surface area contributed by atoms with Crippen LogP contribution in [0.15, 0.2) is 80.8 Å². The minimum Gasteiger partial charge on any atom is -0.397 e. The van der Waals surface area contributed by atoms with Crippen molar-refractivity contribution in [3.63, 3.8) is 0 Å². The van der Waals surface area contributed by atoms with E-state index in [1.165, 1.54) is 6.08 Å². The number of thiocarbonyl (C=S) groups is 1. The van der Waals surface area contributed by atoms with Gasteiger partial charge in [0.1, 0.15) is 10.8 Å². The monoisotopic (exact) mass is 437 g/mol. The second kappa shape index (κ2) is 10.7. The Morgan fingerprint density at radius 2 is 2.10 bits per heavy atom. The van der Waals surface area contributed by atoms with Crippen molar-refractivity contribution in [1.82, 2.24) is 10.6 Å². The molecular formula is C24H28FN5S. The van der Waals surface area contributed by atoms with E-state index in [1.807, 2.05) is 33.8 Å². The average Bonchev–Trinajstić information content (AvgIpc) is 2.91. The number of hydrogen-bond acceptors (Lipinski definition) is 5. The molecule has 2 aliphatic carbocycles. The Kier molecular flexibility index (Phi) is 8.29. The molecule has 5 nitrogen and oxygen atoms in total. The zero-order valence-corrected chi connectivity index (χ0v) is 19.2. The normalized spacial score (nSPS) is 19.3. The molecule has 162 valence electrons. The molecule has 1 unspecified atom stereocenters. The molecule has 2 aliphatic rings. The van der Waals surface area contributed by atoms with Crippen LogP contribution in [0.4, 0.5) is 4.39 Å². The van der Waals surface area contributed by atoms with E-state index in [0.29, 0.717) is 46.3 Å². The molecule has 0 aromatic carbocycles. The Morgan fingerprint density at radius 3 is 2.74 bits per heavy atom. The van der Waals surface area contributed by atoms with Crippen LogP contribution in [0, 0.1) is 18.3 Å². The molecule has 0 spiro atoms. The molecular weight excluding hydrogens is 409 g/mol. The summed E-state index contributed by atoms with van der Waals surface area (Å²) in [6.45, 7) is 11.8. The van der Waals surface area contributed by atoms with Gasteiger partial charge in [0.15, 0.2) is 0 Å². The van der Waals surface area contributed by atoms with Crippen LogP contribution in [-0.4, -0.2) is 23.0 Å². The molecule has 0 bridgehead atoms. The number of nitrogens with one attached hydrogen (secondary N) is 2. The first-order chi connectivity index (χ1) is 14.6. The zero-order chi connectivity index (χ0) is 23.1. The van der Waals surface area contributed by atoms with Gasteiger partial charge in [0.25, 0.3) is 0 Å². The number of halogens is 1. The van der Waals surface area contributed by atoms with E-state index in [4.69, 9.17) is 24.4 Å². The van der Waals surface area contributed by atoms with Crippen molar-refractivity contribution in [2.24, 2.45) is 21.6 Å². The summed E-state index contributed by atoms with van der Waals surface area (Å²) in [5.41, 5.74) is 11.4. The van der Waals surface area contributed by atoms with Crippen LogP contribution >= 0.6 is 12.2 Å². The first kappa shape index (κ1) is 24.0. The van der Waals surface area contributed by atoms with Crippen LogP contribution in [0.25, 0.3) is 0 Å². The number of hydrogen-bond donors (Lipinski definition) is 3.